The van der Waals surface area contributed by atoms with E-state index in [1.165, 1.54) is 4.90 Å². The molecule has 0 bridgehead atoms. The van der Waals surface area contributed by atoms with Crippen LogP contribution in [0.4, 0.5) is 0 Å². The fourth-order valence-electron chi connectivity index (χ4n) is 4.14. The first kappa shape index (κ1) is 29.6. The van der Waals surface area contributed by atoms with Crippen molar-refractivity contribution >= 4 is 29.7 Å². The zero-order valence-electron chi connectivity index (χ0n) is 21.4. The maximum absolute atomic E-state index is 13.3. The number of carbonyl (C=O) groups excluding carboxylic acids is 3. The Labute approximate surface area is 217 Å². The van der Waals surface area contributed by atoms with E-state index < -0.39 is 42.0 Å². The van der Waals surface area contributed by atoms with Crippen molar-refractivity contribution in [2.45, 2.75) is 70.1 Å². The molecule has 1 aliphatic heterocycles. The number of hydrogen-bond donors (Lipinski definition) is 6. The van der Waals surface area contributed by atoms with Crippen molar-refractivity contribution in [3.8, 4) is 0 Å². The van der Waals surface area contributed by atoms with Crippen LogP contribution in [0.25, 0.3) is 0 Å². The quantitative estimate of drug-likeness (QED) is 0.112. The molecule has 1 aromatic carbocycles. The first-order chi connectivity index (χ1) is 17.5. The molecule has 0 spiro atoms. The number of guanidine groups is 1. The van der Waals surface area contributed by atoms with Crippen LogP contribution in [-0.4, -0.2) is 76.9 Å². The third-order valence-corrected chi connectivity index (χ3v) is 6.32. The van der Waals surface area contributed by atoms with Gasteiger partial charge in [0, 0.05) is 19.5 Å². The average Bonchev–Trinajstić information content (AvgIpc) is 3.34. The van der Waals surface area contributed by atoms with Crippen LogP contribution in [0, 0.1) is 5.92 Å². The molecule has 3 amide bonds. The van der Waals surface area contributed by atoms with E-state index in [0.717, 1.165) is 5.56 Å². The third-order valence-electron chi connectivity index (χ3n) is 6.32. The van der Waals surface area contributed by atoms with E-state index in [-0.39, 0.29) is 37.2 Å². The van der Waals surface area contributed by atoms with Gasteiger partial charge in [-0.2, -0.15) is 0 Å². The summed E-state index contributed by atoms with van der Waals surface area (Å²) in [5.41, 5.74) is 17.4. The normalized spacial score (nSPS) is 17.5. The van der Waals surface area contributed by atoms with Crippen LogP contribution in [-0.2, 0) is 25.6 Å². The molecule has 2 rings (SSSR count). The van der Waals surface area contributed by atoms with Crippen LogP contribution in [0.3, 0.4) is 0 Å². The van der Waals surface area contributed by atoms with Crippen molar-refractivity contribution in [2.75, 3.05) is 13.1 Å². The summed E-state index contributed by atoms with van der Waals surface area (Å²) in [7, 11) is 0. The highest BCUT2D eigenvalue weighted by Crippen LogP contribution is 2.20. The van der Waals surface area contributed by atoms with Gasteiger partial charge in [-0.15, -0.1) is 0 Å². The molecule has 4 unspecified atom stereocenters. The van der Waals surface area contributed by atoms with Crippen LogP contribution < -0.4 is 27.8 Å². The van der Waals surface area contributed by atoms with Gasteiger partial charge >= 0.3 is 5.97 Å². The van der Waals surface area contributed by atoms with Crippen molar-refractivity contribution < 1.29 is 24.3 Å². The van der Waals surface area contributed by atoms with Crippen LogP contribution in [0.2, 0.25) is 0 Å². The molecule has 1 fully saturated rings. The Balaban J connectivity index is 2.16. The lowest BCUT2D eigenvalue weighted by atomic mass is 10.0. The fraction of sp³-hybridized carbons (Fsp3) is 0.560. The smallest absolute Gasteiger partial charge is 0.326 e. The Hall–Kier alpha value is -3.67. The molecule has 12 nitrogen and oxygen atoms in total. The summed E-state index contributed by atoms with van der Waals surface area (Å²) in [4.78, 5) is 56.4. The molecule has 204 valence electrons. The van der Waals surface area contributed by atoms with Gasteiger partial charge in [0.05, 0.1) is 6.04 Å². The minimum Gasteiger partial charge on any atom is -0.480 e. The summed E-state index contributed by atoms with van der Waals surface area (Å²) in [6.07, 6.45) is 1.67. The van der Waals surface area contributed by atoms with Gasteiger partial charge in [0.15, 0.2) is 5.96 Å². The van der Waals surface area contributed by atoms with Crippen LogP contribution in [0.15, 0.2) is 35.3 Å². The van der Waals surface area contributed by atoms with Crippen LogP contribution in [0.1, 0.15) is 45.1 Å². The topological polar surface area (TPSA) is 206 Å². The minimum absolute atomic E-state index is 0.0895. The average molecular weight is 518 g/mol. The molecule has 1 aliphatic rings. The number of carbonyl (C=O) groups is 4. The molecule has 0 aromatic heterocycles. The number of aliphatic carboxylic acids is 1. The SMILES string of the molecule is CC(C)C(N)C(=O)N1CCCC1C(=O)NC(Cc1ccccc1)C(=O)NC(CCCN=C(N)N)C(=O)O. The van der Waals surface area contributed by atoms with E-state index in [1.807, 2.05) is 32.0 Å². The maximum atomic E-state index is 13.3. The van der Waals surface area contributed by atoms with Gasteiger partial charge in [-0.3, -0.25) is 19.4 Å². The second-order valence-corrected chi connectivity index (χ2v) is 9.56. The number of amides is 3. The summed E-state index contributed by atoms with van der Waals surface area (Å²) in [5.74, 6) is -2.82. The maximum Gasteiger partial charge on any atom is 0.326 e. The summed E-state index contributed by atoms with van der Waals surface area (Å²) >= 11 is 0. The highest BCUT2D eigenvalue weighted by Gasteiger charge is 2.38. The van der Waals surface area contributed by atoms with Gasteiger partial charge < -0.3 is 37.8 Å². The zero-order valence-corrected chi connectivity index (χ0v) is 21.4. The Morgan fingerprint density at radius 2 is 1.78 bits per heavy atom. The van der Waals surface area contributed by atoms with Crippen molar-refractivity contribution in [1.82, 2.24) is 15.5 Å². The second kappa shape index (κ2) is 14.2. The highest BCUT2D eigenvalue weighted by molar-refractivity contribution is 5.94. The van der Waals surface area contributed by atoms with Crippen LogP contribution >= 0.6 is 0 Å². The number of carboxylic acids is 1. The van der Waals surface area contributed by atoms with E-state index in [4.69, 9.17) is 17.2 Å². The van der Waals surface area contributed by atoms with Gasteiger partial charge in [0.2, 0.25) is 17.7 Å². The summed E-state index contributed by atoms with van der Waals surface area (Å²) in [6.45, 7) is 4.30. The lowest BCUT2D eigenvalue weighted by Crippen LogP contribution is -2.57. The fourth-order valence-corrected chi connectivity index (χ4v) is 4.14. The van der Waals surface area contributed by atoms with Gasteiger partial charge in [0.25, 0.3) is 0 Å². The van der Waals surface area contributed by atoms with E-state index in [9.17, 15) is 24.3 Å². The van der Waals surface area contributed by atoms with Crippen molar-refractivity contribution in [2.24, 2.45) is 28.1 Å². The lowest BCUT2D eigenvalue weighted by molar-refractivity contribution is -0.143. The largest absolute Gasteiger partial charge is 0.480 e. The number of likely N-dealkylation sites (tertiary alicyclic amines) is 1. The van der Waals surface area contributed by atoms with Gasteiger partial charge in [-0.25, -0.2) is 4.79 Å². The molecule has 1 saturated heterocycles. The lowest BCUT2D eigenvalue weighted by Gasteiger charge is -2.29. The van der Waals surface area contributed by atoms with Crippen LogP contribution in [0.5, 0.6) is 0 Å². The number of carboxylic acid groups (broad SMARTS) is 1. The molecule has 0 radical (unpaired) electrons. The molecular formula is C25H39N7O5. The Kier molecular flexibility index (Phi) is 11.3. The molecule has 1 aromatic rings. The van der Waals surface area contributed by atoms with E-state index in [2.05, 4.69) is 15.6 Å². The monoisotopic (exact) mass is 517 g/mol. The predicted octanol–water partition coefficient (Wildman–Crippen LogP) is -0.689. The standard InChI is InChI=1S/C25H39N7O5/c1-15(2)20(26)23(35)32-13-7-11-19(32)22(34)31-18(14-16-8-4-3-5-9-16)21(33)30-17(24(36)37)10-6-12-29-25(27)28/h3-5,8-9,15,17-20H,6-7,10-14,26H2,1-2H3,(H,30,33)(H,31,34)(H,36,37)(H4,27,28,29). The Morgan fingerprint density at radius 3 is 2.38 bits per heavy atom. The number of nitrogens with one attached hydrogen (secondary N) is 2. The first-order valence-corrected chi connectivity index (χ1v) is 12.5. The molecule has 0 saturated carbocycles. The number of aliphatic imine (C=N–C) groups is 1. The molecule has 12 heteroatoms. The molecule has 0 aliphatic carbocycles. The number of nitrogens with two attached hydrogens (primary N) is 3. The molecule has 9 N–H and O–H groups in total. The molecular weight excluding hydrogens is 478 g/mol. The minimum atomic E-state index is -1.21. The van der Waals surface area contributed by atoms with Crippen molar-refractivity contribution in [3.63, 3.8) is 0 Å². The predicted molar refractivity (Wildman–Crippen MR) is 139 cm³/mol. The number of rotatable bonds is 13. The Bertz CT molecular complexity index is 965. The first-order valence-electron chi connectivity index (χ1n) is 12.5. The van der Waals surface area contributed by atoms with Crippen molar-refractivity contribution in [3.05, 3.63) is 35.9 Å². The third kappa shape index (κ3) is 9.05. The molecule has 4 atom stereocenters. The second-order valence-electron chi connectivity index (χ2n) is 9.56. The Morgan fingerprint density at radius 1 is 1.11 bits per heavy atom. The van der Waals surface area contributed by atoms with E-state index in [0.29, 0.717) is 25.8 Å². The van der Waals surface area contributed by atoms with Gasteiger partial charge in [-0.1, -0.05) is 44.2 Å². The number of hydrogen-bond acceptors (Lipinski definition) is 6. The summed E-state index contributed by atoms with van der Waals surface area (Å²) in [6, 6.07) is 5.34. The van der Waals surface area contributed by atoms with Gasteiger partial charge in [0.1, 0.15) is 18.1 Å². The summed E-state index contributed by atoms with van der Waals surface area (Å²) in [5, 5.41) is 14.9. The highest BCUT2D eigenvalue weighted by atomic mass is 16.4. The summed E-state index contributed by atoms with van der Waals surface area (Å²) < 4.78 is 0. The van der Waals surface area contributed by atoms with E-state index >= 15 is 0 Å². The number of benzene rings is 1. The molecule has 37 heavy (non-hydrogen) atoms. The molecule has 1 heterocycles. The van der Waals surface area contributed by atoms with Crippen molar-refractivity contribution in [1.29, 1.82) is 0 Å². The van der Waals surface area contributed by atoms with E-state index in [1.54, 1.807) is 12.1 Å². The zero-order chi connectivity index (χ0) is 27.5. The number of nitrogens with zero attached hydrogens (tertiary/aromatic N) is 2. The van der Waals surface area contributed by atoms with Gasteiger partial charge in [-0.05, 0) is 37.2 Å².